The van der Waals surface area contributed by atoms with E-state index in [1.54, 1.807) is 12.4 Å². The fraction of sp³-hybridized carbons (Fsp3) is 0.150. The Kier molecular flexibility index (Phi) is 4.79. The first-order valence-corrected chi connectivity index (χ1v) is 8.36. The lowest BCUT2D eigenvalue weighted by Crippen LogP contribution is -2.06. The van der Waals surface area contributed by atoms with Gasteiger partial charge in [-0.05, 0) is 44.9 Å². The first kappa shape index (κ1) is 17.7. The maximum Gasteiger partial charge on any atom is 0.161 e. The number of halogens is 1. The van der Waals surface area contributed by atoms with Crippen molar-refractivity contribution in [3.63, 3.8) is 0 Å². The second-order valence-electron chi connectivity index (χ2n) is 5.91. The van der Waals surface area contributed by atoms with Gasteiger partial charge in [0.2, 0.25) is 0 Å². The van der Waals surface area contributed by atoms with Crippen LogP contribution in [0.15, 0.2) is 37.2 Å². The predicted molar refractivity (Wildman–Crippen MR) is 104 cm³/mol. The van der Waals surface area contributed by atoms with Crippen LogP contribution in [0.5, 0.6) is 0 Å². The van der Waals surface area contributed by atoms with Crippen molar-refractivity contribution < 1.29 is 0 Å². The van der Waals surface area contributed by atoms with Gasteiger partial charge in [-0.25, -0.2) is 9.97 Å². The highest BCUT2D eigenvalue weighted by molar-refractivity contribution is 6.30. The lowest BCUT2D eigenvalue weighted by Gasteiger charge is -2.09. The van der Waals surface area contributed by atoms with E-state index in [1.165, 1.54) is 0 Å². The fourth-order valence-electron chi connectivity index (χ4n) is 2.52. The van der Waals surface area contributed by atoms with Crippen LogP contribution in [0.4, 0.5) is 0 Å². The van der Waals surface area contributed by atoms with Gasteiger partial charge in [-0.15, -0.1) is 0 Å². The maximum atomic E-state index is 6.06. The molecule has 3 aromatic rings. The average molecular weight is 364 g/mol. The summed E-state index contributed by atoms with van der Waals surface area (Å²) in [5.74, 6) is 6.78. The van der Waals surface area contributed by atoms with Crippen LogP contribution in [0, 0.1) is 32.6 Å². The molecule has 0 saturated heterocycles. The van der Waals surface area contributed by atoms with Crippen molar-refractivity contribution in [2.24, 2.45) is 5.73 Å². The van der Waals surface area contributed by atoms with Gasteiger partial charge >= 0.3 is 0 Å². The minimum atomic E-state index is 0.366. The van der Waals surface area contributed by atoms with E-state index < -0.39 is 0 Å². The van der Waals surface area contributed by atoms with Crippen molar-refractivity contribution in [3.8, 4) is 17.5 Å². The molecular formula is C20H18ClN5. The van der Waals surface area contributed by atoms with Gasteiger partial charge < -0.3 is 5.73 Å². The summed E-state index contributed by atoms with van der Waals surface area (Å²) in [6.45, 7) is 9.59. The van der Waals surface area contributed by atoms with Crippen LogP contribution in [0.1, 0.15) is 34.0 Å². The smallest absolute Gasteiger partial charge is 0.161 e. The largest absolute Gasteiger partial charge is 0.396 e. The second kappa shape index (κ2) is 7.03. The first-order chi connectivity index (χ1) is 12.4. The summed E-state index contributed by atoms with van der Waals surface area (Å²) >= 11 is 6.06. The summed E-state index contributed by atoms with van der Waals surface area (Å²) in [5, 5.41) is 0.445. The van der Waals surface area contributed by atoms with Crippen molar-refractivity contribution in [1.82, 2.24) is 19.5 Å². The summed E-state index contributed by atoms with van der Waals surface area (Å²) in [6.07, 6.45) is 3.41. The zero-order valence-electron chi connectivity index (χ0n) is 14.8. The van der Waals surface area contributed by atoms with Gasteiger partial charge in [-0.1, -0.05) is 24.1 Å². The highest BCUT2D eigenvalue weighted by Crippen LogP contribution is 2.21. The van der Waals surface area contributed by atoms with Crippen LogP contribution in [-0.4, -0.2) is 19.5 Å². The van der Waals surface area contributed by atoms with Gasteiger partial charge in [-0.2, -0.15) is 0 Å². The topological polar surface area (TPSA) is 69.6 Å². The van der Waals surface area contributed by atoms with E-state index in [1.807, 2.05) is 43.5 Å². The monoisotopic (exact) mass is 363 g/mol. The van der Waals surface area contributed by atoms with Crippen molar-refractivity contribution in [2.75, 3.05) is 0 Å². The summed E-state index contributed by atoms with van der Waals surface area (Å²) in [4.78, 5) is 13.0. The molecule has 2 N–H and O–H groups in total. The minimum absolute atomic E-state index is 0.366. The SMILES string of the molecule is C=C(N)c1nc(C#Cc2ccnc(Cl)c2C)c(C)n1-c1ccc(C)nc1. The van der Waals surface area contributed by atoms with Gasteiger partial charge in [0.25, 0.3) is 0 Å². The number of nitrogens with zero attached hydrogens (tertiary/aromatic N) is 4. The molecule has 3 rings (SSSR count). The van der Waals surface area contributed by atoms with Gasteiger partial charge in [0.1, 0.15) is 10.8 Å². The number of rotatable bonds is 2. The highest BCUT2D eigenvalue weighted by atomic mass is 35.5. The van der Waals surface area contributed by atoms with Crippen molar-refractivity contribution in [1.29, 1.82) is 0 Å². The molecule has 3 aromatic heterocycles. The molecule has 3 heterocycles. The Morgan fingerprint density at radius 2 is 1.92 bits per heavy atom. The molecule has 0 unspecified atom stereocenters. The summed E-state index contributed by atoms with van der Waals surface area (Å²) in [7, 11) is 0. The Morgan fingerprint density at radius 3 is 2.58 bits per heavy atom. The van der Waals surface area contributed by atoms with E-state index in [0.717, 1.165) is 28.2 Å². The molecular weight excluding hydrogens is 346 g/mol. The van der Waals surface area contributed by atoms with Crippen LogP contribution < -0.4 is 5.73 Å². The van der Waals surface area contributed by atoms with E-state index in [2.05, 4.69) is 33.4 Å². The number of hydrogen-bond acceptors (Lipinski definition) is 4. The van der Waals surface area contributed by atoms with Crippen molar-refractivity contribution in [2.45, 2.75) is 20.8 Å². The van der Waals surface area contributed by atoms with E-state index in [0.29, 0.717) is 22.4 Å². The molecule has 0 radical (unpaired) electrons. The van der Waals surface area contributed by atoms with E-state index in [-0.39, 0.29) is 0 Å². The Bertz CT molecular complexity index is 1050. The lowest BCUT2D eigenvalue weighted by atomic mass is 10.1. The third kappa shape index (κ3) is 3.32. The Labute approximate surface area is 157 Å². The van der Waals surface area contributed by atoms with Gasteiger partial charge in [0, 0.05) is 23.0 Å². The highest BCUT2D eigenvalue weighted by Gasteiger charge is 2.15. The number of aromatic nitrogens is 4. The van der Waals surface area contributed by atoms with Crippen LogP contribution in [0.2, 0.25) is 5.15 Å². The molecule has 0 bridgehead atoms. The predicted octanol–water partition coefficient (Wildman–Crippen LogP) is 3.57. The molecule has 130 valence electrons. The van der Waals surface area contributed by atoms with Crippen LogP contribution in [0.25, 0.3) is 11.4 Å². The van der Waals surface area contributed by atoms with Crippen LogP contribution in [-0.2, 0) is 0 Å². The maximum absolute atomic E-state index is 6.06. The van der Waals surface area contributed by atoms with Gasteiger partial charge in [-0.3, -0.25) is 9.55 Å². The minimum Gasteiger partial charge on any atom is -0.396 e. The molecule has 5 nitrogen and oxygen atoms in total. The molecule has 0 aliphatic carbocycles. The van der Waals surface area contributed by atoms with Crippen LogP contribution >= 0.6 is 11.6 Å². The first-order valence-electron chi connectivity index (χ1n) is 7.98. The molecule has 0 spiro atoms. The number of aryl methyl sites for hydroxylation is 1. The molecule has 0 saturated carbocycles. The average Bonchev–Trinajstić information content (AvgIpc) is 2.94. The molecule has 0 atom stereocenters. The molecule has 0 aromatic carbocycles. The van der Waals surface area contributed by atoms with Crippen molar-refractivity contribution in [3.05, 3.63) is 76.4 Å². The number of imidazole rings is 1. The third-order valence-corrected chi connectivity index (χ3v) is 4.39. The quantitative estimate of drug-likeness (QED) is 0.558. The number of hydrogen-bond donors (Lipinski definition) is 1. The Balaban J connectivity index is 2.12. The number of nitrogens with two attached hydrogens (primary N) is 1. The number of pyridine rings is 2. The lowest BCUT2D eigenvalue weighted by molar-refractivity contribution is 0.959. The zero-order valence-corrected chi connectivity index (χ0v) is 15.6. The second-order valence-corrected chi connectivity index (χ2v) is 6.27. The molecule has 0 aliphatic rings. The summed E-state index contributed by atoms with van der Waals surface area (Å²) in [5.41, 5.74) is 11.2. The molecule has 0 amide bonds. The molecule has 0 aliphatic heterocycles. The van der Waals surface area contributed by atoms with Gasteiger partial charge in [0.15, 0.2) is 5.82 Å². The standard InChI is InChI=1S/C20H18ClN5/c1-12-5-7-17(11-24-12)26-15(4)18(25-20(26)14(3)22)8-6-16-9-10-23-19(21)13(16)2/h5,7,9-11H,3,22H2,1-2,4H3. The Hall–Kier alpha value is -3.10. The molecule has 0 fully saturated rings. The summed E-state index contributed by atoms with van der Waals surface area (Å²) in [6, 6.07) is 5.73. The van der Waals surface area contributed by atoms with Crippen molar-refractivity contribution >= 4 is 17.3 Å². The van der Waals surface area contributed by atoms with Crippen LogP contribution in [0.3, 0.4) is 0 Å². The van der Waals surface area contributed by atoms with E-state index in [9.17, 15) is 0 Å². The third-order valence-electron chi connectivity index (χ3n) is 4.01. The van der Waals surface area contributed by atoms with E-state index in [4.69, 9.17) is 17.3 Å². The molecule has 6 heteroatoms. The summed E-state index contributed by atoms with van der Waals surface area (Å²) < 4.78 is 1.91. The fourth-order valence-corrected chi connectivity index (χ4v) is 2.67. The zero-order chi connectivity index (χ0) is 18.8. The van der Waals surface area contributed by atoms with Gasteiger partial charge in [0.05, 0.1) is 23.3 Å². The normalized spacial score (nSPS) is 10.3. The Morgan fingerprint density at radius 1 is 1.15 bits per heavy atom. The van der Waals surface area contributed by atoms with E-state index >= 15 is 0 Å². The molecule has 26 heavy (non-hydrogen) atoms.